The molecule has 30 heavy (non-hydrogen) atoms. The number of carbonyl (C=O) groups is 1. The van der Waals surface area contributed by atoms with E-state index in [2.05, 4.69) is 15.4 Å². The molecule has 1 atom stereocenters. The number of halogens is 3. The Morgan fingerprint density at radius 2 is 2.10 bits per heavy atom. The van der Waals surface area contributed by atoms with E-state index in [-0.39, 0.29) is 18.2 Å². The van der Waals surface area contributed by atoms with Crippen molar-refractivity contribution in [2.24, 2.45) is 4.99 Å². The van der Waals surface area contributed by atoms with Crippen molar-refractivity contribution >= 4 is 23.5 Å². The zero-order valence-electron chi connectivity index (χ0n) is 16.5. The molecule has 1 fully saturated rings. The Bertz CT molecular complexity index is 1030. The maximum atomic E-state index is 13.2. The highest BCUT2D eigenvalue weighted by Crippen LogP contribution is 2.43. The van der Waals surface area contributed by atoms with Crippen LogP contribution in [0.15, 0.2) is 35.1 Å². The smallest absolute Gasteiger partial charge is 0.383 e. The number of alkyl halides is 3. The van der Waals surface area contributed by atoms with E-state index in [1.165, 1.54) is 17.6 Å². The van der Waals surface area contributed by atoms with E-state index < -0.39 is 23.2 Å². The first-order chi connectivity index (χ1) is 14.1. The Morgan fingerprint density at radius 3 is 2.70 bits per heavy atom. The Morgan fingerprint density at radius 1 is 1.33 bits per heavy atom. The molecule has 0 bridgehead atoms. The van der Waals surface area contributed by atoms with Crippen LogP contribution in [0.5, 0.6) is 0 Å². The van der Waals surface area contributed by atoms with E-state index in [9.17, 15) is 23.1 Å². The summed E-state index contributed by atoms with van der Waals surface area (Å²) >= 11 is 0. The van der Waals surface area contributed by atoms with Crippen molar-refractivity contribution < 1.29 is 23.1 Å². The van der Waals surface area contributed by atoms with Gasteiger partial charge >= 0.3 is 6.18 Å². The zero-order valence-corrected chi connectivity index (χ0v) is 16.5. The lowest BCUT2D eigenvalue weighted by Gasteiger charge is -2.27. The molecule has 0 aromatic carbocycles. The molecule has 0 saturated heterocycles. The minimum absolute atomic E-state index is 0.0486. The summed E-state index contributed by atoms with van der Waals surface area (Å²) in [5.41, 5.74) is -0.794. The molecule has 4 rings (SSSR count). The van der Waals surface area contributed by atoms with Gasteiger partial charge in [0.05, 0.1) is 23.2 Å². The first kappa shape index (κ1) is 20.6. The van der Waals surface area contributed by atoms with Crippen LogP contribution >= 0.6 is 0 Å². The van der Waals surface area contributed by atoms with Gasteiger partial charge in [-0.3, -0.25) is 9.79 Å². The number of allylic oxidation sites excluding steroid dienone is 1. The minimum Gasteiger partial charge on any atom is -0.383 e. The second-order valence-corrected chi connectivity index (χ2v) is 8.11. The lowest BCUT2D eigenvalue weighted by atomic mass is 9.80. The number of carbonyl (C=O) groups excluding carboxylic acids is 1. The first-order valence-electron chi connectivity index (χ1n) is 10.00. The van der Waals surface area contributed by atoms with Crippen LogP contribution in [0.25, 0.3) is 5.52 Å². The number of anilines is 1. The zero-order chi connectivity index (χ0) is 21.5. The quantitative estimate of drug-likeness (QED) is 0.750. The predicted octanol–water partition coefficient (Wildman–Crippen LogP) is 4.45. The number of hydrogen-bond acceptors (Lipinski definition) is 4. The minimum atomic E-state index is -4.46. The van der Waals surface area contributed by atoms with Crippen molar-refractivity contribution in [3.63, 3.8) is 0 Å². The molecule has 6 nitrogen and oxygen atoms in total. The van der Waals surface area contributed by atoms with Gasteiger partial charge in [0.2, 0.25) is 5.91 Å². The van der Waals surface area contributed by atoms with E-state index in [0.29, 0.717) is 16.8 Å². The summed E-state index contributed by atoms with van der Waals surface area (Å²) < 4.78 is 40.9. The van der Waals surface area contributed by atoms with E-state index >= 15 is 0 Å². The van der Waals surface area contributed by atoms with Crippen LogP contribution in [0.4, 0.5) is 19.0 Å². The van der Waals surface area contributed by atoms with Crippen LogP contribution < -0.4 is 5.32 Å². The Balaban J connectivity index is 1.62. The molecule has 160 valence electrons. The maximum Gasteiger partial charge on any atom is 0.416 e. The monoisotopic (exact) mass is 420 g/mol. The molecule has 1 amide bonds. The summed E-state index contributed by atoms with van der Waals surface area (Å²) in [5, 5.41) is 17.7. The van der Waals surface area contributed by atoms with Crippen molar-refractivity contribution in [2.75, 3.05) is 5.32 Å². The standard InChI is InChI=1S/C21H23F3N4O2/c1-20(30,16-7-2-3-9-25-16)12-17(29)26-19-18(13-5-4-6-13)15-11-14(21(22,23)24)8-10-28(15)27-19/h7-11,13,30H,2-6,12H2,1H3,(H,26,27,29)/t20-/m1/s1. The molecular formula is C21H23F3N4O2. The summed E-state index contributed by atoms with van der Waals surface area (Å²) in [6.45, 7) is 1.52. The molecule has 2 aromatic rings. The van der Waals surface area contributed by atoms with Gasteiger partial charge in [-0.25, -0.2) is 4.52 Å². The molecule has 1 saturated carbocycles. The number of nitrogens with one attached hydrogen (secondary N) is 1. The van der Waals surface area contributed by atoms with Gasteiger partial charge in [0.25, 0.3) is 0 Å². The second kappa shape index (κ2) is 7.54. The number of nitrogens with zero attached hydrogens (tertiary/aromatic N) is 3. The van der Waals surface area contributed by atoms with Crippen LogP contribution in [0.2, 0.25) is 0 Å². The summed E-state index contributed by atoms with van der Waals surface area (Å²) in [6.07, 6.45) is 4.26. The highest BCUT2D eigenvalue weighted by atomic mass is 19.4. The number of hydrogen-bond donors (Lipinski definition) is 2. The Labute approximate surface area is 171 Å². The van der Waals surface area contributed by atoms with Crippen LogP contribution in [0.3, 0.4) is 0 Å². The predicted molar refractivity (Wildman–Crippen MR) is 106 cm³/mol. The van der Waals surface area contributed by atoms with Gasteiger partial charge < -0.3 is 10.4 Å². The number of pyridine rings is 1. The average molecular weight is 420 g/mol. The summed E-state index contributed by atoms with van der Waals surface area (Å²) in [5.74, 6) is -0.171. The average Bonchev–Trinajstić information content (AvgIpc) is 2.97. The highest BCUT2D eigenvalue weighted by molar-refractivity contribution is 5.93. The third-order valence-electron chi connectivity index (χ3n) is 5.69. The normalized spacial score (nSPS) is 19.3. The van der Waals surface area contributed by atoms with Crippen molar-refractivity contribution in [1.82, 2.24) is 9.61 Å². The molecule has 0 radical (unpaired) electrons. The fraction of sp³-hybridized carbons (Fsp3) is 0.476. The highest BCUT2D eigenvalue weighted by Gasteiger charge is 2.34. The number of aliphatic imine (C=N–C) groups is 1. The topological polar surface area (TPSA) is 79.0 Å². The van der Waals surface area contributed by atoms with Crippen LogP contribution in [0.1, 0.15) is 62.5 Å². The molecule has 2 aliphatic rings. The third-order valence-corrected chi connectivity index (χ3v) is 5.69. The molecule has 3 heterocycles. The van der Waals surface area contributed by atoms with Gasteiger partial charge in [0.15, 0.2) is 5.82 Å². The Hall–Kier alpha value is -2.68. The summed E-state index contributed by atoms with van der Waals surface area (Å²) in [6, 6.07) is 2.04. The Kier molecular flexibility index (Phi) is 5.17. The molecule has 2 aromatic heterocycles. The molecule has 1 aliphatic heterocycles. The van der Waals surface area contributed by atoms with Crippen molar-refractivity contribution in [3.05, 3.63) is 41.2 Å². The van der Waals surface area contributed by atoms with Crippen LogP contribution in [-0.2, 0) is 11.0 Å². The molecule has 2 N–H and O–H groups in total. The van der Waals surface area contributed by atoms with E-state index in [1.807, 2.05) is 0 Å². The summed E-state index contributed by atoms with van der Waals surface area (Å²) in [4.78, 5) is 16.9. The molecule has 1 aliphatic carbocycles. The van der Waals surface area contributed by atoms with Gasteiger partial charge in [-0.2, -0.15) is 13.2 Å². The van der Waals surface area contributed by atoms with Gasteiger partial charge in [-0.15, -0.1) is 5.10 Å². The number of aromatic nitrogens is 2. The number of amides is 1. The maximum absolute atomic E-state index is 13.2. The van der Waals surface area contributed by atoms with Gasteiger partial charge in [0, 0.05) is 18.0 Å². The van der Waals surface area contributed by atoms with Gasteiger partial charge in [0.1, 0.15) is 5.60 Å². The fourth-order valence-electron chi connectivity index (χ4n) is 3.88. The largest absolute Gasteiger partial charge is 0.416 e. The lowest BCUT2D eigenvalue weighted by molar-refractivity contribution is -0.137. The molecule has 0 spiro atoms. The van der Waals surface area contributed by atoms with Crippen molar-refractivity contribution in [3.8, 4) is 0 Å². The van der Waals surface area contributed by atoms with E-state index in [0.717, 1.165) is 44.2 Å². The van der Waals surface area contributed by atoms with E-state index in [1.54, 1.807) is 12.3 Å². The molecule has 9 heteroatoms. The molecule has 0 unspecified atom stereocenters. The van der Waals surface area contributed by atoms with Gasteiger partial charge in [-0.1, -0.05) is 12.5 Å². The number of aliphatic hydroxyl groups is 1. The lowest BCUT2D eigenvalue weighted by Crippen LogP contribution is -2.33. The third kappa shape index (κ3) is 3.98. The first-order valence-corrected chi connectivity index (χ1v) is 10.00. The number of rotatable bonds is 5. The van der Waals surface area contributed by atoms with Gasteiger partial charge in [-0.05, 0) is 50.7 Å². The van der Waals surface area contributed by atoms with Crippen LogP contribution in [-0.4, -0.2) is 32.4 Å². The van der Waals surface area contributed by atoms with Crippen LogP contribution in [0, 0.1) is 0 Å². The van der Waals surface area contributed by atoms with Crippen molar-refractivity contribution in [2.45, 2.75) is 63.1 Å². The molecular weight excluding hydrogens is 397 g/mol. The summed E-state index contributed by atoms with van der Waals surface area (Å²) in [7, 11) is 0. The van der Waals surface area contributed by atoms with E-state index in [4.69, 9.17) is 0 Å². The fourth-order valence-corrected chi connectivity index (χ4v) is 3.88. The SMILES string of the molecule is C[C@@](O)(CC(=O)Nc1nn2ccc(C(F)(F)F)cc2c1C1CCC1)C1=CCCC=N1. The number of fused-ring (bicyclic) bond motifs is 1. The second-order valence-electron chi connectivity index (χ2n) is 8.11. The van der Waals surface area contributed by atoms with Crippen molar-refractivity contribution in [1.29, 1.82) is 0 Å².